The Hall–Kier alpha value is -0.300. The van der Waals surface area contributed by atoms with E-state index < -0.39 is 0 Å². The molecule has 0 aliphatic heterocycles. The van der Waals surface area contributed by atoms with E-state index in [1.807, 2.05) is 0 Å². The molecule has 0 N–H and O–H groups in total. The van der Waals surface area contributed by atoms with Gasteiger partial charge in [-0.25, -0.2) is 0 Å². The molecule has 0 amide bonds. The van der Waals surface area contributed by atoms with E-state index in [-0.39, 0.29) is 0 Å². The zero-order valence-electron chi connectivity index (χ0n) is 11.0. The third-order valence-corrected chi connectivity index (χ3v) is 4.53. The van der Waals surface area contributed by atoms with Crippen LogP contribution in [0.25, 0.3) is 0 Å². The molecule has 0 aromatic heterocycles. The highest BCUT2D eigenvalue weighted by Gasteiger charge is 2.05. The molecule has 100 valence electrons. The van der Waals surface area contributed by atoms with E-state index in [1.165, 1.54) is 25.8 Å². The van der Waals surface area contributed by atoms with Gasteiger partial charge in [0.25, 0.3) is 0 Å². The first-order chi connectivity index (χ1) is 9.10. The third-order valence-electron chi connectivity index (χ3n) is 3.04. The van der Waals surface area contributed by atoms with Gasteiger partial charge in [0, 0.05) is 8.00 Å². The summed E-state index contributed by atoms with van der Waals surface area (Å²) in [5.74, 6) is 0.985. The average Bonchev–Trinajstić information content (AvgIpc) is 2.40. The number of rotatable bonds is 4. The van der Waals surface area contributed by atoms with Gasteiger partial charge in [-0.1, -0.05) is 40.8 Å². The van der Waals surface area contributed by atoms with Gasteiger partial charge in [-0.3, -0.25) is 0 Å². The maximum absolute atomic E-state index is 5.99. The van der Waals surface area contributed by atoms with Crippen LogP contribution >= 0.6 is 45.2 Å². The predicted octanol–water partition coefficient (Wildman–Crippen LogP) is 5.42. The molecule has 0 atom stereocenters. The highest BCUT2D eigenvalue weighted by atomic mass is 127. The van der Waals surface area contributed by atoms with Crippen LogP contribution in [0.2, 0.25) is 0 Å². The van der Waals surface area contributed by atoms with Crippen molar-refractivity contribution in [3.05, 3.63) is 62.2 Å². The lowest BCUT2D eigenvalue weighted by atomic mass is 10.1. The highest BCUT2D eigenvalue weighted by molar-refractivity contribution is 14.1. The Morgan fingerprint density at radius 2 is 1.79 bits per heavy atom. The fraction of sp³-hybridized carbons (Fsp3) is 0.250. The van der Waals surface area contributed by atoms with Gasteiger partial charge in [0.15, 0.2) is 0 Å². The molecule has 2 rings (SSSR count). The lowest BCUT2D eigenvalue weighted by molar-refractivity contribution is 0.303. The second kappa shape index (κ2) is 6.92. The van der Waals surface area contributed by atoms with Crippen LogP contribution in [-0.4, -0.2) is 0 Å². The Morgan fingerprint density at radius 3 is 2.53 bits per heavy atom. The van der Waals surface area contributed by atoms with Gasteiger partial charge in [-0.2, -0.15) is 0 Å². The van der Waals surface area contributed by atoms with Crippen LogP contribution < -0.4 is 4.74 Å². The van der Waals surface area contributed by atoms with Gasteiger partial charge in [0.2, 0.25) is 0 Å². The number of hydrogen-bond donors (Lipinski definition) is 0. The summed E-state index contributed by atoms with van der Waals surface area (Å²) in [5, 5.41) is 0. The van der Waals surface area contributed by atoms with E-state index in [1.54, 1.807) is 0 Å². The van der Waals surface area contributed by atoms with Crippen LogP contribution in [0.3, 0.4) is 0 Å². The molecule has 0 aliphatic carbocycles. The van der Waals surface area contributed by atoms with Gasteiger partial charge in [0.05, 0.1) is 0 Å². The number of ether oxygens (including phenoxy) is 1. The summed E-state index contributed by atoms with van der Waals surface area (Å²) in [4.78, 5) is 0. The van der Waals surface area contributed by atoms with Gasteiger partial charge >= 0.3 is 0 Å². The van der Waals surface area contributed by atoms with Crippen molar-refractivity contribution in [2.75, 3.05) is 0 Å². The topological polar surface area (TPSA) is 9.23 Å². The van der Waals surface area contributed by atoms with Gasteiger partial charge in [-0.05, 0) is 76.9 Å². The molecule has 0 unspecified atom stereocenters. The van der Waals surface area contributed by atoms with Crippen LogP contribution in [0.1, 0.15) is 22.3 Å². The van der Waals surface area contributed by atoms with E-state index in [0.29, 0.717) is 6.61 Å². The van der Waals surface area contributed by atoms with E-state index in [9.17, 15) is 0 Å². The second-order valence-electron chi connectivity index (χ2n) is 4.60. The lowest BCUT2D eigenvalue weighted by Crippen LogP contribution is -2.01. The first-order valence-electron chi connectivity index (χ1n) is 6.13. The second-order valence-corrected chi connectivity index (χ2v) is 6.61. The Kier molecular flexibility index (Phi) is 5.50. The van der Waals surface area contributed by atoms with E-state index in [2.05, 4.69) is 95.4 Å². The van der Waals surface area contributed by atoms with Gasteiger partial charge in [0.1, 0.15) is 12.4 Å². The Balaban J connectivity index is 2.18. The molecule has 0 aliphatic rings. The molecular formula is C16H16I2O. The molecule has 0 saturated carbocycles. The monoisotopic (exact) mass is 478 g/mol. The molecule has 2 aromatic carbocycles. The minimum absolute atomic E-state index is 0.638. The summed E-state index contributed by atoms with van der Waals surface area (Å²) in [5.41, 5.74) is 5.05. The molecule has 0 radical (unpaired) electrons. The molecule has 1 nitrogen and oxygen atoms in total. The van der Waals surface area contributed by atoms with E-state index in [0.717, 1.165) is 10.2 Å². The average molecular weight is 478 g/mol. The Bertz CT molecular complexity index is 579. The Morgan fingerprint density at radius 1 is 1.00 bits per heavy atom. The van der Waals surface area contributed by atoms with E-state index >= 15 is 0 Å². The lowest BCUT2D eigenvalue weighted by Gasteiger charge is -2.12. The van der Waals surface area contributed by atoms with Crippen LogP contribution in [0, 0.1) is 17.4 Å². The standard InChI is InChI=1S/C16H16I2O/c1-11-3-4-12(2)16(7-11)19-10-14-8-15(18)6-5-13(14)9-17/h3-8H,9-10H2,1-2H3. The number of halogens is 2. The zero-order valence-corrected chi connectivity index (χ0v) is 15.4. The number of hydrogen-bond acceptors (Lipinski definition) is 1. The quantitative estimate of drug-likeness (QED) is 0.422. The molecule has 0 fully saturated rings. The van der Waals surface area contributed by atoms with Gasteiger partial charge < -0.3 is 4.74 Å². The van der Waals surface area contributed by atoms with Crippen molar-refractivity contribution in [1.29, 1.82) is 0 Å². The predicted molar refractivity (Wildman–Crippen MR) is 97.1 cm³/mol. The number of benzene rings is 2. The maximum atomic E-state index is 5.99. The van der Waals surface area contributed by atoms with Crippen molar-refractivity contribution in [2.45, 2.75) is 24.9 Å². The van der Waals surface area contributed by atoms with Crippen LogP contribution in [0.15, 0.2) is 36.4 Å². The van der Waals surface area contributed by atoms with E-state index in [4.69, 9.17) is 4.74 Å². The van der Waals surface area contributed by atoms with Crippen molar-refractivity contribution in [3.63, 3.8) is 0 Å². The maximum Gasteiger partial charge on any atom is 0.122 e. The summed E-state index contributed by atoms with van der Waals surface area (Å²) in [6.07, 6.45) is 0. The number of alkyl halides is 1. The molecule has 3 heteroatoms. The molecule has 0 bridgehead atoms. The summed E-state index contributed by atoms with van der Waals surface area (Å²) in [7, 11) is 0. The normalized spacial score (nSPS) is 10.5. The summed E-state index contributed by atoms with van der Waals surface area (Å²) < 4.78 is 8.26. The zero-order chi connectivity index (χ0) is 13.8. The summed E-state index contributed by atoms with van der Waals surface area (Å²) in [6, 6.07) is 12.9. The van der Waals surface area contributed by atoms with Crippen LogP contribution in [-0.2, 0) is 11.0 Å². The van der Waals surface area contributed by atoms with Crippen molar-refractivity contribution in [2.24, 2.45) is 0 Å². The van der Waals surface area contributed by atoms with Crippen molar-refractivity contribution < 1.29 is 4.74 Å². The van der Waals surface area contributed by atoms with Crippen LogP contribution in [0.5, 0.6) is 5.75 Å². The minimum atomic E-state index is 0.638. The molecule has 19 heavy (non-hydrogen) atoms. The molecule has 0 heterocycles. The van der Waals surface area contributed by atoms with Crippen molar-refractivity contribution >= 4 is 45.2 Å². The third kappa shape index (κ3) is 4.08. The molecule has 2 aromatic rings. The minimum Gasteiger partial charge on any atom is -0.489 e. The Labute approximate surface area is 142 Å². The summed E-state index contributed by atoms with van der Waals surface area (Å²) in [6.45, 7) is 4.82. The smallest absolute Gasteiger partial charge is 0.122 e. The molecule has 0 spiro atoms. The van der Waals surface area contributed by atoms with Crippen LogP contribution in [0.4, 0.5) is 0 Å². The summed E-state index contributed by atoms with van der Waals surface area (Å²) >= 11 is 4.75. The fourth-order valence-corrected chi connectivity index (χ4v) is 3.18. The SMILES string of the molecule is Cc1ccc(C)c(OCc2cc(I)ccc2CI)c1. The first-order valence-corrected chi connectivity index (χ1v) is 8.74. The fourth-order valence-electron chi connectivity index (χ4n) is 1.88. The first kappa shape index (κ1) is 15.1. The van der Waals surface area contributed by atoms with Crippen molar-refractivity contribution in [1.82, 2.24) is 0 Å². The number of aryl methyl sites for hydroxylation is 2. The molecule has 0 saturated heterocycles. The van der Waals surface area contributed by atoms with Gasteiger partial charge in [-0.15, -0.1) is 0 Å². The molecular weight excluding hydrogens is 462 g/mol. The highest BCUT2D eigenvalue weighted by Crippen LogP contribution is 2.23. The van der Waals surface area contributed by atoms with Crippen molar-refractivity contribution in [3.8, 4) is 5.75 Å². The largest absolute Gasteiger partial charge is 0.489 e.